The summed E-state index contributed by atoms with van der Waals surface area (Å²) in [5.41, 5.74) is 5.17. The number of nitrogens with one attached hydrogen (secondary N) is 1. The maximum absolute atomic E-state index is 11.5. The largest absolute Gasteiger partial charge is 0.394 e. The first kappa shape index (κ1) is 12.5. The Kier molecular flexibility index (Phi) is 4.54. The van der Waals surface area contributed by atoms with Crippen molar-refractivity contribution in [3.8, 4) is 0 Å². The topological polar surface area (TPSA) is 75.4 Å². The Bertz CT molecular complexity index is 215. The van der Waals surface area contributed by atoms with Gasteiger partial charge in [0, 0.05) is 6.42 Å². The first-order valence-corrected chi connectivity index (χ1v) is 5.74. The van der Waals surface area contributed by atoms with E-state index in [1.807, 2.05) is 0 Å². The van der Waals surface area contributed by atoms with Gasteiger partial charge in [-0.15, -0.1) is 0 Å². The molecule has 4 heteroatoms. The SMILES string of the molecule is CC(CCN)CCC(=O)NC1(CO)CC1. The van der Waals surface area contributed by atoms with E-state index in [-0.39, 0.29) is 18.1 Å². The third-order valence-electron chi connectivity index (χ3n) is 3.08. The predicted molar refractivity (Wildman–Crippen MR) is 59.3 cm³/mol. The zero-order chi connectivity index (χ0) is 11.3. The second-order valence-corrected chi connectivity index (χ2v) is 4.71. The first-order valence-electron chi connectivity index (χ1n) is 5.74. The minimum absolute atomic E-state index is 0.0606. The number of amides is 1. The average Bonchev–Trinajstić information content (AvgIpc) is 2.96. The molecule has 0 heterocycles. The van der Waals surface area contributed by atoms with Gasteiger partial charge in [0.15, 0.2) is 0 Å². The van der Waals surface area contributed by atoms with Crippen LogP contribution in [0.15, 0.2) is 0 Å². The molecule has 0 spiro atoms. The Morgan fingerprint density at radius 2 is 2.20 bits per heavy atom. The zero-order valence-electron chi connectivity index (χ0n) is 9.46. The summed E-state index contributed by atoms with van der Waals surface area (Å²) in [5, 5.41) is 11.9. The highest BCUT2D eigenvalue weighted by Gasteiger charge is 2.43. The molecule has 0 saturated heterocycles. The number of aliphatic hydroxyl groups excluding tert-OH is 1. The van der Waals surface area contributed by atoms with Gasteiger partial charge in [-0.05, 0) is 38.1 Å². The summed E-state index contributed by atoms with van der Waals surface area (Å²) in [4.78, 5) is 11.5. The van der Waals surface area contributed by atoms with Crippen molar-refractivity contribution in [3.63, 3.8) is 0 Å². The van der Waals surface area contributed by atoms with Crippen LogP contribution in [0.2, 0.25) is 0 Å². The highest BCUT2D eigenvalue weighted by atomic mass is 16.3. The molecular weight excluding hydrogens is 192 g/mol. The number of aliphatic hydroxyl groups is 1. The molecule has 1 saturated carbocycles. The van der Waals surface area contributed by atoms with Crippen molar-refractivity contribution in [3.05, 3.63) is 0 Å². The molecule has 0 aromatic heterocycles. The molecule has 1 aliphatic rings. The highest BCUT2D eigenvalue weighted by Crippen LogP contribution is 2.34. The van der Waals surface area contributed by atoms with Gasteiger partial charge in [-0.2, -0.15) is 0 Å². The Balaban J connectivity index is 2.13. The van der Waals surface area contributed by atoms with Gasteiger partial charge in [0.05, 0.1) is 12.1 Å². The fourth-order valence-corrected chi connectivity index (χ4v) is 1.64. The van der Waals surface area contributed by atoms with Crippen molar-refractivity contribution >= 4 is 5.91 Å². The van der Waals surface area contributed by atoms with Crippen LogP contribution < -0.4 is 11.1 Å². The molecule has 1 atom stereocenters. The van der Waals surface area contributed by atoms with Crippen LogP contribution in [-0.2, 0) is 4.79 Å². The van der Waals surface area contributed by atoms with E-state index in [0.717, 1.165) is 25.7 Å². The minimum Gasteiger partial charge on any atom is -0.394 e. The molecule has 1 amide bonds. The van der Waals surface area contributed by atoms with Gasteiger partial charge >= 0.3 is 0 Å². The fraction of sp³-hybridized carbons (Fsp3) is 0.909. The molecule has 1 rings (SSSR count). The number of hydrogen-bond acceptors (Lipinski definition) is 3. The molecular formula is C11H22N2O2. The Morgan fingerprint density at radius 3 is 2.67 bits per heavy atom. The highest BCUT2D eigenvalue weighted by molar-refractivity contribution is 5.77. The summed E-state index contributed by atoms with van der Waals surface area (Å²) >= 11 is 0. The van der Waals surface area contributed by atoms with E-state index in [0.29, 0.717) is 18.9 Å². The number of carbonyl (C=O) groups is 1. The Hall–Kier alpha value is -0.610. The lowest BCUT2D eigenvalue weighted by Crippen LogP contribution is -2.39. The van der Waals surface area contributed by atoms with E-state index < -0.39 is 0 Å². The van der Waals surface area contributed by atoms with Crippen LogP contribution in [0.3, 0.4) is 0 Å². The van der Waals surface area contributed by atoms with Crippen molar-refractivity contribution in [1.82, 2.24) is 5.32 Å². The van der Waals surface area contributed by atoms with Gasteiger partial charge < -0.3 is 16.2 Å². The molecule has 0 aromatic carbocycles. The predicted octanol–water partition coefficient (Wildman–Crippen LogP) is 0.393. The summed E-state index contributed by atoms with van der Waals surface area (Å²) in [6, 6.07) is 0. The van der Waals surface area contributed by atoms with Crippen LogP contribution in [-0.4, -0.2) is 29.7 Å². The maximum atomic E-state index is 11.5. The van der Waals surface area contributed by atoms with Crippen LogP contribution >= 0.6 is 0 Å². The molecule has 4 nitrogen and oxygen atoms in total. The maximum Gasteiger partial charge on any atom is 0.220 e. The zero-order valence-corrected chi connectivity index (χ0v) is 9.46. The molecule has 0 bridgehead atoms. The van der Waals surface area contributed by atoms with Gasteiger partial charge in [-0.1, -0.05) is 6.92 Å². The van der Waals surface area contributed by atoms with Crippen molar-refractivity contribution < 1.29 is 9.90 Å². The molecule has 15 heavy (non-hydrogen) atoms. The normalized spacial score (nSPS) is 19.7. The number of rotatable bonds is 7. The second kappa shape index (κ2) is 5.47. The lowest BCUT2D eigenvalue weighted by atomic mass is 10.0. The van der Waals surface area contributed by atoms with Crippen LogP contribution in [0.1, 0.15) is 39.0 Å². The quantitative estimate of drug-likeness (QED) is 0.574. The van der Waals surface area contributed by atoms with E-state index in [1.165, 1.54) is 0 Å². The van der Waals surface area contributed by atoms with Crippen LogP contribution in [0.5, 0.6) is 0 Å². The summed E-state index contributed by atoms with van der Waals surface area (Å²) in [6.45, 7) is 2.86. The third-order valence-corrected chi connectivity index (χ3v) is 3.08. The lowest BCUT2D eigenvalue weighted by molar-refractivity contribution is -0.122. The standard InChI is InChI=1S/C11H22N2O2/c1-9(4-7-12)2-3-10(15)13-11(8-14)5-6-11/h9,14H,2-8,12H2,1H3,(H,13,15). The van der Waals surface area contributed by atoms with Crippen molar-refractivity contribution in [2.75, 3.05) is 13.2 Å². The average molecular weight is 214 g/mol. The van der Waals surface area contributed by atoms with E-state index in [9.17, 15) is 4.79 Å². The van der Waals surface area contributed by atoms with Gasteiger partial charge in [-0.25, -0.2) is 0 Å². The molecule has 1 unspecified atom stereocenters. The summed E-state index contributed by atoms with van der Waals surface area (Å²) in [7, 11) is 0. The third kappa shape index (κ3) is 4.18. The van der Waals surface area contributed by atoms with Gasteiger partial charge in [0.1, 0.15) is 0 Å². The van der Waals surface area contributed by atoms with E-state index >= 15 is 0 Å². The molecule has 4 N–H and O–H groups in total. The van der Waals surface area contributed by atoms with E-state index in [1.54, 1.807) is 0 Å². The van der Waals surface area contributed by atoms with Gasteiger partial charge in [0.2, 0.25) is 5.91 Å². The molecule has 0 aliphatic heterocycles. The molecule has 0 aromatic rings. The molecule has 0 radical (unpaired) electrons. The molecule has 1 aliphatic carbocycles. The Labute approximate surface area is 91.2 Å². The van der Waals surface area contributed by atoms with Crippen molar-refractivity contribution in [2.45, 2.75) is 44.6 Å². The van der Waals surface area contributed by atoms with Crippen LogP contribution in [0.4, 0.5) is 0 Å². The van der Waals surface area contributed by atoms with E-state index in [4.69, 9.17) is 10.8 Å². The number of carbonyl (C=O) groups excluding carboxylic acids is 1. The molecule has 88 valence electrons. The van der Waals surface area contributed by atoms with Gasteiger partial charge in [0.25, 0.3) is 0 Å². The smallest absolute Gasteiger partial charge is 0.220 e. The van der Waals surface area contributed by atoms with Gasteiger partial charge in [-0.3, -0.25) is 4.79 Å². The lowest BCUT2D eigenvalue weighted by Gasteiger charge is -2.15. The molecule has 1 fully saturated rings. The van der Waals surface area contributed by atoms with E-state index in [2.05, 4.69) is 12.2 Å². The van der Waals surface area contributed by atoms with Crippen molar-refractivity contribution in [2.24, 2.45) is 11.7 Å². The second-order valence-electron chi connectivity index (χ2n) is 4.71. The number of nitrogens with two attached hydrogens (primary N) is 1. The first-order chi connectivity index (χ1) is 7.12. The van der Waals surface area contributed by atoms with Crippen molar-refractivity contribution in [1.29, 1.82) is 0 Å². The summed E-state index contributed by atoms with van der Waals surface area (Å²) in [5.74, 6) is 0.565. The monoisotopic (exact) mass is 214 g/mol. The van der Waals surface area contributed by atoms with Crippen LogP contribution in [0, 0.1) is 5.92 Å². The van der Waals surface area contributed by atoms with Crippen LogP contribution in [0.25, 0.3) is 0 Å². The summed E-state index contributed by atoms with van der Waals surface area (Å²) < 4.78 is 0. The summed E-state index contributed by atoms with van der Waals surface area (Å²) in [6.07, 6.45) is 4.22. The fourth-order valence-electron chi connectivity index (χ4n) is 1.64. The minimum atomic E-state index is -0.270. The number of hydrogen-bond donors (Lipinski definition) is 3. The Morgan fingerprint density at radius 1 is 1.53 bits per heavy atom.